The number of sulfone groups is 1. The van der Waals surface area contributed by atoms with Gasteiger partial charge >= 0.3 is 0 Å². The summed E-state index contributed by atoms with van der Waals surface area (Å²) in [4.78, 5) is 16.7. The number of pyridine rings is 1. The predicted molar refractivity (Wildman–Crippen MR) is 102 cm³/mol. The minimum absolute atomic E-state index is 0.0801. The van der Waals surface area contributed by atoms with Crippen LogP contribution in [0.5, 0.6) is 11.5 Å². The van der Waals surface area contributed by atoms with Crippen LogP contribution in [0.25, 0.3) is 0 Å². The molecule has 27 heavy (non-hydrogen) atoms. The summed E-state index contributed by atoms with van der Waals surface area (Å²) in [6, 6.07) is 8.08. The summed E-state index contributed by atoms with van der Waals surface area (Å²) in [5.41, 5.74) is 0.967. The summed E-state index contributed by atoms with van der Waals surface area (Å²) in [6.45, 7) is 0. The number of amides is 1. The van der Waals surface area contributed by atoms with Crippen LogP contribution in [-0.2, 0) is 9.84 Å². The van der Waals surface area contributed by atoms with E-state index in [0.29, 0.717) is 35.0 Å². The average molecular weight is 391 g/mol. The van der Waals surface area contributed by atoms with Gasteiger partial charge in [-0.05, 0) is 30.7 Å². The van der Waals surface area contributed by atoms with E-state index in [0.717, 1.165) is 0 Å². The van der Waals surface area contributed by atoms with Crippen molar-refractivity contribution in [1.29, 1.82) is 0 Å². The second-order valence-electron chi connectivity index (χ2n) is 6.20. The maximum Gasteiger partial charge on any atom is 0.255 e. The lowest BCUT2D eigenvalue weighted by Gasteiger charge is -2.13. The number of ether oxygens (including phenoxy) is 2. The Bertz CT molecular complexity index is 946. The summed E-state index contributed by atoms with van der Waals surface area (Å²) < 4.78 is 33.5. The summed E-state index contributed by atoms with van der Waals surface area (Å²) in [6.07, 6.45) is 2.04. The Balaban J connectivity index is 1.70. The first-order valence-electron chi connectivity index (χ1n) is 8.36. The fourth-order valence-electron chi connectivity index (χ4n) is 2.89. The molecule has 1 fully saturated rings. The van der Waals surface area contributed by atoms with Gasteiger partial charge in [0.2, 0.25) is 0 Å². The van der Waals surface area contributed by atoms with Crippen molar-refractivity contribution in [2.45, 2.75) is 12.5 Å². The van der Waals surface area contributed by atoms with Gasteiger partial charge in [-0.15, -0.1) is 0 Å². The fraction of sp³-hybridized carbons (Fsp3) is 0.333. The molecule has 1 amide bonds. The Morgan fingerprint density at radius 1 is 1.15 bits per heavy atom. The number of rotatable bonds is 6. The lowest BCUT2D eigenvalue weighted by Crippen LogP contribution is -2.21. The maximum atomic E-state index is 12.5. The van der Waals surface area contributed by atoms with Gasteiger partial charge in [0, 0.05) is 29.6 Å². The number of hydrogen-bond donors (Lipinski definition) is 2. The van der Waals surface area contributed by atoms with Crippen molar-refractivity contribution in [2.24, 2.45) is 0 Å². The molecule has 1 saturated heterocycles. The highest BCUT2D eigenvalue weighted by Crippen LogP contribution is 2.30. The maximum absolute atomic E-state index is 12.5. The smallest absolute Gasteiger partial charge is 0.255 e. The zero-order valence-electron chi connectivity index (χ0n) is 15.1. The van der Waals surface area contributed by atoms with Crippen molar-refractivity contribution in [3.8, 4) is 11.5 Å². The van der Waals surface area contributed by atoms with Crippen molar-refractivity contribution in [3.63, 3.8) is 0 Å². The zero-order valence-corrected chi connectivity index (χ0v) is 15.9. The molecular formula is C18H21N3O5S. The molecule has 1 atom stereocenters. The van der Waals surface area contributed by atoms with Gasteiger partial charge in [-0.25, -0.2) is 13.4 Å². The number of carbonyl (C=O) groups is 1. The van der Waals surface area contributed by atoms with Gasteiger partial charge in [0.1, 0.15) is 5.82 Å². The van der Waals surface area contributed by atoms with Crippen LogP contribution in [0, 0.1) is 0 Å². The number of benzene rings is 1. The third-order valence-electron chi connectivity index (χ3n) is 4.25. The van der Waals surface area contributed by atoms with Gasteiger partial charge < -0.3 is 20.1 Å². The largest absolute Gasteiger partial charge is 0.493 e. The topological polar surface area (TPSA) is 107 Å². The fourth-order valence-corrected chi connectivity index (χ4v) is 4.56. The molecule has 9 heteroatoms. The third kappa shape index (κ3) is 4.68. The Morgan fingerprint density at radius 2 is 1.93 bits per heavy atom. The molecule has 144 valence electrons. The second kappa shape index (κ2) is 7.83. The number of nitrogens with one attached hydrogen (secondary N) is 2. The quantitative estimate of drug-likeness (QED) is 0.775. The SMILES string of the molecule is COc1ccc(NC(=O)c2ccnc(NC3CCS(=O)(=O)C3)c2)cc1OC. The summed E-state index contributed by atoms with van der Waals surface area (Å²) in [5.74, 6) is 1.48. The predicted octanol–water partition coefficient (Wildman–Crippen LogP) is 1.95. The number of methoxy groups -OCH3 is 2. The average Bonchev–Trinajstić information content (AvgIpc) is 3.00. The van der Waals surface area contributed by atoms with Gasteiger partial charge in [-0.2, -0.15) is 0 Å². The molecule has 0 aliphatic carbocycles. The molecule has 2 heterocycles. The molecule has 8 nitrogen and oxygen atoms in total. The zero-order chi connectivity index (χ0) is 19.4. The van der Waals surface area contributed by atoms with Crippen LogP contribution < -0.4 is 20.1 Å². The normalized spacial score (nSPS) is 17.9. The minimum atomic E-state index is -2.99. The molecule has 1 unspecified atom stereocenters. The van der Waals surface area contributed by atoms with Gasteiger partial charge in [-0.3, -0.25) is 4.79 Å². The van der Waals surface area contributed by atoms with E-state index < -0.39 is 9.84 Å². The molecule has 0 spiro atoms. The molecule has 1 aromatic heterocycles. The number of carbonyl (C=O) groups excluding carboxylic acids is 1. The van der Waals surface area contributed by atoms with Crippen molar-refractivity contribution >= 4 is 27.2 Å². The molecule has 1 aliphatic heterocycles. The van der Waals surface area contributed by atoms with Gasteiger partial charge in [0.15, 0.2) is 21.3 Å². The van der Waals surface area contributed by atoms with E-state index >= 15 is 0 Å². The molecular weight excluding hydrogens is 370 g/mol. The highest BCUT2D eigenvalue weighted by atomic mass is 32.2. The number of hydrogen-bond acceptors (Lipinski definition) is 7. The van der Waals surface area contributed by atoms with Crippen LogP contribution in [0.15, 0.2) is 36.5 Å². The molecule has 1 aliphatic rings. The Labute approximate surface area is 157 Å². The van der Waals surface area contributed by atoms with E-state index in [1.165, 1.54) is 20.4 Å². The van der Waals surface area contributed by atoms with Crippen LogP contribution in [0.1, 0.15) is 16.8 Å². The first-order valence-corrected chi connectivity index (χ1v) is 10.2. The Kier molecular flexibility index (Phi) is 5.50. The standard InChI is InChI=1S/C18H21N3O5S/c1-25-15-4-3-13(10-16(15)26-2)21-18(22)12-5-7-19-17(9-12)20-14-6-8-27(23,24)11-14/h3-5,7,9-10,14H,6,8,11H2,1-2H3,(H,19,20)(H,21,22). The molecule has 1 aromatic carbocycles. The molecule has 0 bridgehead atoms. The minimum Gasteiger partial charge on any atom is -0.493 e. The van der Waals surface area contributed by atoms with E-state index in [1.54, 1.807) is 30.3 Å². The van der Waals surface area contributed by atoms with E-state index in [-0.39, 0.29) is 23.5 Å². The number of nitrogens with zero attached hydrogens (tertiary/aromatic N) is 1. The van der Waals surface area contributed by atoms with Crippen molar-refractivity contribution in [2.75, 3.05) is 36.4 Å². The highest BCUT2D eigenvalue weighted by molar-refractivity contribution is 7.91. The lowest BCUT2D eigenvalue weighted by atomic mass is 10.2. The van der Waals surface area contributed by atoms with Crippen LogP contribution >= 0.6 is 0 Å². The van der Waals surface area contributed by atoms with E-state index in [1.807, 2.05) is 0 Å². The van der Waals surface area contributed by atoms with Crippen LogP contribution in [0.4, 0.5) is 11.5 Å². The second-order valence-corrected chi connectivity index (χ2v) is 8.43. The van der Waals surface area contributed by atoms with Crippen LogP contribution in [0.2, 0.25) is 0 Å². The molecule has 0 saturated carbocycles. The molecule has 2 aromatic rings. The highest BCUT2D eigenvalue weighted by Gasteiger charge is 2.28. The molecule has 2 N–H and O–H groups in total. The molecule has 3 rings (SSSR count). The summed E-state index contributed by atoms with van der Waals surface area (Å²) in [7, 11) is 0.0734. The summed E-state index contributed by atoms with van der Waals surface area (Å²) in [5, 5.41) is 5.87. The monoisotopic (exact) mass is 391 g/mol. The third-order valence-corrected chi connectivity index (χ3v) is 6.02. The Hall–Kier alpha value is -2.81. The molecule has 0 radical (unpaired) electrons. The Morgan fingerprint density at radius 3 is 2.59 bits per heavy atom. The summed E-state index contributed by atoms with van der Waals surface area (Å²) >= 11 is 0. The van der Waals surface area contributed by atoms with E-state index in [2.05, 4.69) is 15.6 Å². The number of aromatic nitrogens is 1. The van der Waals surface area contributed by atoms with Crippen molar-refractivity contribution in [1.82, 2.24) is 4.98 Å². The van der Waals surface area contributed by atoms with E-state index in [4.69, 9.17) is 9.47 Å². The van der Waals surface area contributed by atoms with Crippen molar-refractivity contribution < 1.29 is 22.7 Å². The van der Waals surface area contributed by atoms with Gasteiger partial charge in [-0.1, -0.05) is 0 Å². The first-order chi connectivity index (χ1) is 12.9. The van der Waals surface area contributed by atoms with Gasteiger partial charge in [0.25, 0.3) is 5.91 Å². The lowest BCUT2D eigenvalue weighted by molar-refractivity contribution is 0.102. The van der Waals surface area contributed by atoms with Gasteiger partial charge in [0.05, 0.1) is 25.7 Å². The van der Waals surface area contributed by atoms with Crippen LogP contribution in [-0.4, -0.2) is 51.1 Å². The van der Waals surface area contributed by atoms with Crippen molar-refractivity contribution in [3.05, 3.63) is 42.1 Å². The first kappa shape index (κ1) is 19.0. The van der Waals surface area contributed by atoms with E-state index in [9.17, 15) is 13.2 Å². The van der Waals surface area contributed by atoms with Crippen LogP contribution in [0.3, 0.4) is 0 Å². The number of anilines is 2.